The number of nitrogens with one attached hydrogen (secondary N) is 1. The van der Waals surface area contributed by atoms with Crippen LogP contribution in [0.5, 0.6) is 0 Å². The summed E-state index contributed by atoms with van der Waals surface area (Å²) in [5.74, 6) is -7.48. The maximum atomic E-state index is 11.5. The third-order valence-corrected chi connectivity index (χ3v) is 14.9. The minimum absolute atomic E-state index is 0.0270. The first-order valence-corrected chi connectivity index (χ1v) is 28.8. The van der Waals surface area contributed by atoms with Gasteiger partial charge in [-0.25, -0.2) is 9.59 Å². The molecule has 0 bridgehead atoms. The molecule has 3 amide bonds. The van der Waals surface area contributed by atoms with Gasteiger partial charge in [0.25, 0.3) is 5.78 Å². The van der Waals surface area contributed by atoms with Crippen LogP contribution in [0, 0.1) is 0 Å². The number of Topliss-reactive ketones (excluding diaryl/α,β-unsaturated/α-hetero) is 2. The fourth-order valence-corrected chi connectivity index (χ4v) is 9.08. The highest BCUT2D eigenvalue weighted by molar-refractivity contribution is 6.33. The first kappa shape index (κ1) is 74.0. The molecule has 1 atom stereocenters. The Bertz CT molecular complexity index is 2180. The van der Waals surface area contributed by atoms with Crippen LogP contribution in [-0.4, -0.2) is 337 Å². The highest BCUT2D eigenvalue weighted by atomic mass is 16.5. The number of hydrogen-bond acceptors (Lipinski definition) is 20. The zero-order chi connectivity index (χ0) is 62.7. The van der Waals surface area contributed by atoms with Crippen LogP contribution in [0.25, 0.3) is 0 Å². The number of carbonyl (C=O) groups excluding carboxylic acids is 5. The minimum atomic E-state index is -1.36. The van der Waals surface area contributed by atoms with Crippen molar-refractivity contribution in [1.29, 1.82) is 0 Å². The summed E-state index contributed by atoms with van der Waals surface area (Å²) in [7, 11) is 12.2. The Balaban J connectivity index is 0.000000345. The van der Waals surface area contributed by atoms with Crippen LogP contribution < -0.4 is 5.32 Å². The number of rotatable bonds is 17. The standard InChI is InChI=1S/C12H18N2O.C11H20N2O3.C10H18N2O3.2C8H14N2O3.C7H12N2O3/c1-14-8-4-12(5-9-14)15-10-11-2-6-13-7-3-11;1-9-7-13(6-5-12(9)2)8-10(14)3-4-11(15)16;1-12-6-4-8(5-7-12)11-9(13)2-3-10(14)15;1-9-2-4-10(5-3-9)6-7(11)8(12)13;1-9-2-4-10(5-3-9)7(11)6-8(12)13;1-8-2-4-9(5-3-8)6(10)7(11)12/h2-3,6-7,12H,4-5,8-10H2,1H3;9H,3-8H2,1-2H3,(H,15,16);8H,2-7H2,1H3,(H,11,13)(H,14,15);2*2-6H2,1H3,(H,12,13);2-5H2,1H3,(H,11,12). The zero-order valence-corrected chi connectivity index (χ0v) is 50.6. The second-order valence-electron chi connectivity index (χ2n) is 22.2. The monoisotopic (exact) mass is 1190 g/mol. The molecule has 0 saturated carbocycles. The summed E-state index contributed by atoms with van der Waals surface area (Å²) in [6.07, 6.45) is 7.99. The van der Waals surface area contributed by atoms with Crippen molar-refractivity contribution in [3.8, 4) is 0 Å². The quantitative estimate of drug-likeness (QED) is 0.0786. The van der Waals surface area contributed by atoms with Gasteiger partial charge in [-0.3, -0.25) is 53.1 Å². The highest BCUT2D eigenvalue weighted by Crippen LogP contribution is 2.15. The molecule has 28 nitrogen and oxygen atoms in total. The maximum absolute atomic E-state index is 11.5. The molecule has 0 aliphatic carbocycles. The van der Waals surface area contributed by atoms with Crippen LogP contribution in [0.1, 0.15) is 70.3 Å². The number of nitrogens with zero attached hydrogens (tertiary/aromatic N) is 11. The van der Waals surface area contributed by atoms with Crippen molar-refractivity contribution in [3.05, 3.63) is 30.1 Å². The molecule has 6 aliphatic rings. The number of carbonyl (C=O) groups is 10. The number of amides is 3. The number of ketones is 2. The summed E-state index contributed by atoms with van der Waals surface area (Å²) in [5, 5.41) is 44.9. The number of likely N-dealkylation sites (tertiary alicyclic amines) is 2. The Kier molecular flexibility index (Phi) is 36.1. The normalized spacial score (nSPS) is 20.0. The number of ether oxygens (including phenoxy) is 1. The van der Waals surface area contributed by atoms with Gasteiger partial charge in [0, 0.05) is 149 Å². The van der Waals surface area contributed by atoms with Crippen molar-refractivity contribution in [2.75, 3.05) is 180 Å². The van der Waals surface area contributed by atoms with Gasteiger partial charge < -0.3 is 74.8 Å². The van der Waals surface area contributed by atoms with Gasteiger partial charge in [0.2, 0.25) is 11.8 Å². The number of pyridine rings is 1. The van der Waals surface area contributed by atoms with Crippen LogP contribution in [-0.2, 0) is 59.3 Å². The van der Waals surface area contributed by atoms with Gasteiger partial charge in [0.15, 0.2) is 0 Å². The fourth-order valence-electron chi connectivity index (χ4n) is 9.08. The van der Waals surface area contributed by atoms with Crippen molar-refractivity contribution >= 4 is 59.1 Å². The molecule has 6 N–H and O–H groups in total. The molecule has 1 aromatic rings. The van der Waals surface area contributed by atoms with E-state index in [1.54, 1.807) is 4.90 Å². The van der Waals surface area contributed by atoms with E-state index >= 15 is 0 Å². The Morgan fingerprint density at radius 3 is 1.46 bits per heavy atom. The molecule has 1 unspecified atom stereocenters. The van der Waals surface area contributed by atoms with Crippen LogP contribution in [0.3, 0.4) is 0 Å². The van der Waals surface area contributed by atoms with E-state index in [4.69, 9.17) is 30.3 Å². The molecule has 6 aliphatic heterocycles. The van der Waals surface area contributed by atoms with Crippen LogP contribution in [0.15, 0.2) is 24.5 Å². The predicted octanol–water partition coefficient (Wildman–Crippen LogP) is -1.22. The van der Waals surface area contributed by atoms with E-state index in [-0.39, 0.29) is 62.3 Å². The van der Waals surface area contributed by atoms with Crippen LogP contribution in [0.4, 0.5) is 0 Å². The summed E-state index contributed by atoms with van der Waals surface area (Å²) in [4.78, 5) is 131. The van der Waals surface area contributed by atoms with Crippen molar-refractivity contribution < 1.29 is 78.2 Å². The number of aromatic nitrogens is 1. The molecule has 0 aromatic carbocycles. The van der Waals surface area contributed by atoms with Crippen molar-refractivity contribution in [3.63, 3.8) is 0 Å². The summed E-state index contributed by atoms with van der Waals surface area (Å²) < 4.78 is 5.86. The molecule has 6 saturated heterocycles. The van der Waals surface area contributed by atoms with Gasteiger partial charge in [0.05, 0.1) is 38.6 Å². The SMILES string of the molecule is CC1CN(CC(=O)CCC(=O)O)CCN1C.CN1CCC(NC(=O)CCC(=O)O)CC1.CN1CCC(OCc2ccncc2)CC1.CN1CCN(C(=O)C(=O)O)CC1.CN1CCN(C(=O)CC(=O)O)CC1.CN1CCN(CC(=O)C(=O)O)CC1. The van der Waals surface area contributed by atoms with E-state index in [0.717, 1.165) is 130 Å². The number of piperidine rings is 2. The first-order chi connectivity index (χ1) is 39.7. The molecule has 0 spiro atoms. The van der Waals surface area contributed by atoms with Gasteiger partial charge in [-0.1, -0.05) is 0 Å². The van der Waals surface area contributed by atoms with Gasteiger partial charge in [-0.2, -0.15) is 0 Å². The summed E-state index contributed by atoms with van der Waals surface area (Å²) in [6.45, 7) is 19.1. The molecular weight excluding hydrogens is 1100 g/mol. The number of likely N-dealkylation sites (N-methyl/N-ethyl adjacent to an activating group) is 4. The van der Waals surface area contributed by atoms with E-state index in [1.165, 1.54) is 10.5 Å². The number of carboxylic acid groups (broad SMARTS) is 5. The van der Waals surface area contributed by atoms with Crippen LogP contribution >= 0.6 is 0 Å². The molecule has 28 heteroatoms. The summed E-state index contributed by atoms with van der Waals surface area (Å²) in [6, 6.07) is 4.70. The molecule has 84 heavy (non-hydrogen) atoms. The molecular formula is C56H96N12O16. The number of piperazine rings is 4. The third kappa shape index (κ3) is 34.0. The molecule has 0 radical (unpaired) electrons. The average Bonchev–Trinajstić information content (AvgIpc) is 3.62. The lowest BCUT2D eigenvalue weighted by Gasteiger charge is -2.37. The zero-order valence-electron chi connectivity index (χ0n) is 50.6. The summed E-state index contributed by atoms with van der Waals surface area (Å²) >= 11 is 0. The Morgan fingerprint density at radius 2 is 0.988 bits per heavy atom. The first-order valence-electron chi connectivity index (χ1n) is 28.8. The Morgan fingerprint density at radius 1 is 0.524 bits per heavy atom. The lowest BCUT2D eigenvalue weighted by molar-refractivity contribution is -0.156. The molecule has 7 rings (SSSR count). The molecule has 476 valence electrons. The van der Waals surface area contributed by atoms with Crippen molar-refractivity contribution in [2.24, 2.45) is 0 Å². The largest absolute Gasteiger partial charge is 0.481 e. The van der Waals surface area contributed by atoms with E-state index in [1.807, 2.05) is 50.6 Å². The average molecular weight is 1190 g/mol. The number of aliphatic carboxylic acids is 5. The van der Waals surface area contributed by atoms with E-state index < -0.39 is 41.5 Å². The van der Waals surface area contributed by atoms with Crippen LogP contribution in [0.2, 0.25) is 0 Å². The second kappa shape index (κ2) is 41.0. The van der Waals surface area contributed by atoms with Gasteiger partial charge in [0.1, 0.15) is 12.2 Å². The fraction of sp³-hybridized carbons (Fsp3) is 0.732. The molecule has 1 aromatic heterocycles. The topological polar surface area (TPSA) is 338 Å². The Labute approximate surface area is 494 Å². The van der Waals surface area contributed by atoms with E-state index in [9.17, 15) is 47.9 Å². The maximum Gasteiger partial charge on any atom is 0.394 e. The smallest absolute Gasteiger partial charge is 0.394 e. The van der Waals surface area contributed by atoms with E-state index in [0.29, 0.717) is 44.9 Å². The van der Waals surface area contributed by atoms with Gasteiger partial charge in [-0.15, -0.1) is 0 Å². The number of hydrogen-bond donors (Lipinski definition) is 6. The van der Waals surface area contributed by atoms with Crippen molar-refractivity contribution in [1.82, 2.24) is 59.3 Å². The lowest BCUT2D eigenvalue weighted by atomic mass is 10.1. The minimum Gasteiger partial charge on any atom is -0.481 e. The Hall–Kier alpha value is -6.11. The lowest BCUT2D eigenvalue weighted by Crippen LogP contribution is -2.51. The van der Waals surface area contributed by atoms with Crippen molar-refractivity contribution in [2.45, 2.75) is 89.5 Å². The number of carboxylic acids is 5. The second-order valence-corrected chi connectivity index (χ2v) is 22.2. The van der Waals surface area contributed by atoms with Gasteiger partial charge in [-0.05, 0) is 106 Å². The third-order valence-electron chi connectivity index (χ3n) is 14.9. The van der Waals surface area contributed by atoms with E-state index in [2.05, 4.69) is 72.7 Å². The predicted molar refractivity (Wildman–Crippen MR) is 310 cm³/mol. The molecule has 7 heterocycles. The summed E-state index contributed by atoms with van der Waals surface area (Å²) in [5.41, 5.74) is 1.21. The van der Waals surface area contributed by atoms with Gasteiger partial charge >= 0.3 is 35.8 Å². The molecule has 6 fully saturated rings. The highest BCUT2D eigenvalue weighted by Gasteiger charge is 2.26.